The zero-order valence-corrected chi connectivity index (χ0v) is 10.3. The molecule has 0 aromatic heterocycles. The van der Waals surface area contributed by atoms with Crippen molar-refractivity contribution in [3.05, 3.63) is 23.2 Å². The van der Waals surface area contributed by atoms with Gasteiger partial charge in [0.25, 0.3) is 0 Å². The molecule has 0 heterocycles. The van der Waals surface area contributed by atoms with Gasteiger partial charge in [-0.3, -0.25) is 4.79 Å². The lowest BCUT2D eigenvalue weighted by Gasteiger charge is -2.16. The number of ether oxygens (including phenoxy) is 1. The molecule has 1 atom stereocenters. The third-order valence-corrected chi connectivity index (χ3v) is 2.54. The Bertz CT molecular complexity index is 379. The Morgan fingerprint density at radius 3 is 2.81 bits per heavy atom. The molecule has 1 rings (SSSR count). The highest BCUT2D eigenvalue weighted by Gasteiger charge is 2.16. The van der Waals surface area contributed by atoms with Gasteiger partial charge in [0.2, 0.25) is 0 Å². The fraction of sp³-hybridized carbons (Fsp3) is 0.417. The molecule has 0 amide bonds. The highest BCUT2D eigenvalue weighted by molar-refractivity contribution is 6.32. The van der Waals surface area contributed by atoms with Crippen molar-refractivity contribution in [1.82, 2.24) is 0 Å². The van der Waals surface area contributed by atoms with Gasteiger partial charge in [-0.2, -0.15) is 0 Å². The molecule has 2 N–H and O–H groups in total. The van der Waals surface area contributed by atoms with Crippen LogP contribution in [-0.4, -0.2) is 11.9 Å². The first kappa shape index (κ1) is 12.8. The van der Waals surface area contributed by atoms with E-state index in [1.165, 1.54) is 6.92 Å². The Hall–Kier alpha value is -1.22. The monoisotopic (exact) mass is 241 g/mol. The van der Waals surface area contributed by atoms with Gasteiger partial charge in [-0.1, -0.05) is 24.9 Å². The van der Waals surface area contributed by atoms with Gasteiger partial charge in [0.15, 0.2) is 11.9 Å². The van der Waals surface area contributed by atoms with Crippen molar-refractivity contribution < 1.29 is 9.53 Å². The van der Waals surface area contributed by atoms with Crippen LogP contribution >= 0.6 is 11.6 Å². The molecule has 0 aliphatic heterocycles. The first-order valence-corrected chi connectivity index (χ1v) is 5.64. The summed E-state index contributed by atoms with van der Waals surface area (Å²) in [5, 5.41) is 0.469. The summed E-state index contributed by atoms with van der Waals surface area (Å²) in [6, 6.07) is 4.99. The minimum atomic E-state index is -0.440. The maximum atomic E-state index is 11.3. The molecule has 1 unspecified atom stereocenters. The van der Waals surface area contributed by atoms with Crippen LogP contribution in [0.25, 0.3) is 0 Å². The second kappa shape index (κ2) is 5.75. The normalized spacial score (nSPS) is 12.2. The van der Waals surface area contributed by atoms with Crippen LogP contribution in [0.1, 0.15) is 26.7 Å². The Morgan fingerprint density at radius 1 is 1.56 bits per heavy atom. The van der Waals surface area contributed by atoms with Crippen molar-refractivity contribution in [2.75, 3.05) is 5.73 Å². The average Bonchev–Trinajstić information content (AvgIpc) is 2.22. The van der Waals surface area contributed by atoms with Gasteiger partial charge < -0.3 is 10.5 Å². The van der Waals surface area contributed by atoms with Crippen LogP contribution in [0.4, 0.5) is 5.69 Å². The van der Waals surface area contributed by atoms with E-state index < -0.39 is 6.10 Å². The molecule has 0 spiro atoms. The van der Waals surface area contributed by atoms with Gasteiger partial charge in [0.05, 0.1) is 5.02 Å². The summed E-state index contributed by atoms with van der Waals surface area (Å²) in [6.07, 6.45) is 1.12. The average molecular weight is 242 g/mol. The molecule has 0 radical (unpaired) electrons. The Morgan fingerprint density at radius 2 is 2.25 bits per heavy atom. The van der Waals surface area contributed by atoms with Crippen molar-refractivity contribution in [1.29, 1.82) is 0 Å². The number of Topliss-reactive ketones (excluding diaryl/α,β-unsaturated/α-hetero) is 1. The van der Waals surface area contributed by atoms with E-state index in [1.54, 1.807) is 18.2 Å². The molecule has 0 saturated heterocycles. The van der Waals surface area contributed by atoms with Crippen LogP contribution < -0.4 is 10.5 Å². The zero-order valence-electron chi connectivity index (χ0n) is 9.50. The topological polar surface area (TPSA) is 52.3 Å². The fourth-order valence-electron chi connectivity index (χ4n) is 1.37. The van der Waals surface area contributed by atoms with E-state index in [-0.39, 0.29) is 5.78 Å². The molecule has 4 heteroatoms. The molecule has 0 aliphatic rings. The van der Waals surface area contributed by atoms with Crippen molar-refractivity contribution in [2.24, 2.45) is 0 Å². The molecule has 0 saturated carbocycles. The molecule has 88 valence electrons. The molecule has 1 aromatic rings. The van der Waals surface area contributed by atoms with Gasteiger partial charge >= 0.3 is 0 Å². The number of nitrogens with two attached hydrogens (primary N) is 1. The number of benzene rings is 1. The number of carbonyl (C=O) groups excluding carboxylic acids is 1. The van der Waals surface area contributed by atoms with Crippen molar-refractivity contribution in [3.63, 3.8) is 0 Å². The largest absolute Gasteiger partial charge is 0.481 e. The molecule has 0 bridgehead atoms. The quantitative estimate of drug-likeness (QED) is 0.806. The number of nitrogen functional groups attached to an aromatic ring is 1. The highest BCUT2D eigenvalue weighted by atomic mass is 35.5. The third-order valence-electron chi connectivity index (χ3n) is 2.23. The third kappa shape index (κ3) is 3.42. The summed E-state index contributed by atoms with van der Waals surface area (Å²) < 4.78 is 5.57. The predicted octanol–water partition coefficient (Wildman–Crippen LogP) is 3.06. The van der Waals surface area contributed by atoms with Gasteiger partial charge in [0, 0.05) is 11.8 Å². The van der Waals surface area contributed by atoms with Gasteiger partial charge in [-0.15, -0.1) is 0 Å². The number of anilines is 1. The number of hydrogen-bond acceptors (Lipinski definition) is 3. The van der Waals surface area contributed by atoms with Crippen LogP contribution in [0.15, 0.2) is 18.2 Å². The molecule has 16 heavy (non-hydrogen) atoms. The molecule has 0 fully saturated rings. The molecule has 0 aliphatic carbocycles. The second-order valence-electron chi connectivity index (χ2n) is 3.70. The molecular formula is C12H16ClNO2. The lowest BCUT2D eigenvalue weighted by Crippen LogP contribution is -2.24. The van der Waals surface area contributed by atoms with E-state index in [1.807, 2.05) is 6.92 Å². The number of ketones is 1. The summed E-state index contributed by atoms with van der Waals surface area (Å²) in [5.74, 6) is 0.468. The summed E-state index contributed by atoms with van der Waals surface area (Å²) in [7, 11) is 0. The van der Waals surface area contributed by atoms with Crippen LogP contribution in [0.5, 0.6) is 5.75 Å². The first-order valence-electron chi connectivity index (χ1n) is 5.26. The van der Waals surface area contributed by atoms with Crippen molar-refractivity contribution in [3.8, 4) is 5.75 Å². The zero-order chi connectivity index (χ0) is 12.1. The number of hydrogen-bond donors (Lipinski definition) is 1. The maximum absolute atomic E-state index is 11.3. The Labute approximate surface area is 101 Å². The van der Waals surface area contributed by atoms with Crippen LogP contribution in [-0.2, 0) is 4.79 Å². The van der Waals surface area contributed by atoms with E-state index in [9.17, 15) is 4.79 Å². The lowest BCUT2D eigenvalue weighted by atomic mass is 10.1. The van der Waals surface area contributed by atoms with Gasteiger partial charge in [-0.25, -0.2) is 0 Å². The van der Waals surface area contributed by atoms with Crippen LogP contribution in [0.3, 0.4) is 0 Å². The van der Waals surface area contributed by atoms with E-state index in [2.05, 4.69) is 0 Å². The van der Waals surface area contributed by atoms with E-state index in [4.69, 9.17) is 22.1 Å². The molecule has 3 nitrogen and oxygen atoms in total. The minimum absolute atomic E-state index is 0.000316. The number of halogens is 1. The van der Waals surface area contributed by atoms with Gasteiger partial charge in [0.1, 0.15) is 5.75 Å². The second-order valence-corrected chi connectivity index (χ2v) is 4.10. The SMILES string of the molecule is CCCC(Oc1cc(N)ccc1Cl)C(C)=O. The number of carbonyl (C=O) groups is 1. The summed E-state index contributed by atoms with van der Waals surface area (Å²) >= 11 is 5.95. The summed E-state index contributed by atoms with van der Waals surface area (Å²) in [6.45, 7) is 3.51. The van der Waals surface area contributed by atoms with Gasteiger partial charge in [-0.05, 0) is 25.5 Å². The Balaban J connectivity index is 2.84. The summed E-state index contributed by atoms with van der Waals surface area (Å²) in [4.78, 5) is 11.3. The first-order chi connectivity index (χ1) is 7.54. The predicted molar refractivity (Wildman–Crippen MR) is 65.9 cm³/mol. The van der Waals surface area contributed by atoms with Crippen LogP contribution in [0, 0.1) is 0 Å². The van der Waals surface area contributed by atoms with Crippen molar-refractivity contribution in [2.45, 2.75) is 32.8 Å². The smallest absolute Gasteiger partial charge is 0.170 e. The standard InChI is InChI=1S/C12H16ClNO2/c1-3-4-11(8(2)15)16-12-7-9(14)5-6-10(12)13/h5-7,11H,3-4,14H2,1-2H3. The fourth-order valence-corrected chi connectivity index (χ4v) is 1.53. The van der Waals surface area contributed by atoms with E-state index in [0.717, 1.165) is 6.42 Å². The van der Waals surface area contributed by atoms with E-state index >= 15 is 0 Å². The van der Waals surface area contributed by atoms with Crippen LogP contribution in [0.2, 0.25) is 5.02 Å². The Kier molecular flexibility index (Phi) is 4.62. The lowest BCUT2D eigenvalue weighted by molar-refractivity contribution is -0.123. The summed E-state index contributed by atoms with van der Waals surface area (Å²) in [5.41, 5.74) is 6.20. The van der Waals surface area contributed by atoms with Crippen molar-refractivity contribution >= 4 is 23.1 Å². The van der Waals surface area contributed by atoms with E-state index in [0.29, 0.717) is 22.9 Å². The molecular weight excluding hydrogens is 226 g/mol. The molecule has 1 aromatic carbocycles. The highest BCUT2D eigenvalue weighted by Crippen LogP contribution is 2.28. The number of rotatable bonds is 5. The minimum Gasteiger partial charge on any atom is -0.481 e. The maximum Gasteiger partial charge on any atom is 0.170 e.